The number of benzene rings is 2. The van der Waals surface area contributed by atoms with Gasteiger partial charge in [0.15, 0.2) is 11.5 Å². The molecule has 0 atom stereocenters. The third-order valence-electron chi connectivity index (χ3n) is 4.63. The number of carbonyl (C=O) groups excluding carboxylic acids is 1. The van der Waals surface area contributed by atoms with Crippen molar-refractivity contribution < 1.29 is 9.72 Å². The molecule has 4 rings (SSSR count). The molecule has 2 aromatic carbocycles. The minimum absolute atomic E-state index is 0.148. The first kappa shape index (κ1) is 20.6. The van der Waals surface area contributed by atoms with Crippen LogP contribution in [0.1, 0.15) is 22.0 Å². The van der Waals surface area contributed by atoms with Crippen LogP contribution in [0, 0.1) is 24.0 Å². The number of nitrogens with one attached hydrogen (secondary N) is 2. The number of amides is 1. The van der Waals surface area contributed by atoms with Gasteiger partial charge in [0.2, 0.25) is 5.43 Å². The normalized spacial score (nSPS) is 10.7. The molecule has 2 heterocycles. The molecule has 4 aromatic rings. The fraction of sp³-hybridized carbons (Fsp3) is 0.0952. The van der Waals surface area contributed by atoms with Crippen molar-refractivity contribution in [3.63, 3.8) is 0 Å². The summed E-state index contributed by atoms with van der Waals surface area (Å²) in [7, 11) is 0. The summed E-state index contributed by atoms with van der Waals surface area (Å²) in [6.45, 7) is 3.37. The summed E-state index contributed by atoms with van der Waals surface area (Å²) in [6.07, 6.45) is 0. The van der Waals surface area contributed by atoms with Crippen molar-refractivity contribution in [3.8, 4) is 17.1 Å². The minimum atomic E-state index is -0.733. The Labute approximate surface area is 180 Å². The number of nitro benzene ring substituents is 1. The van der Waals surface area contributed by atoms with E-state index in [-0.39, 0.29) is 17.1 Å². The second-order valence-electron chi connectivity index (χ2n) is 6.93. The van der Waals surface area contributed by atoms with E-state index in [9.17, 15) is 19.7 Å². The first-order valence-electron chi connectivity index (χ1n) is 9.49. The van der Waals surface area contributed by atoms with Gasteiger partial charge in [-0.15, -0.1) is 0 Å². The van der Waals surface area contributed by atoms with Crippen molar-refractivity contribution in [2.24, 2.45) is 0 Å². The van der Waals surface area contributed by atoms with E-state index < -0.39 is 16.3 Å². The molecule has 0 aliphatic heterocycles. The molecule has 0 radical (unpaired) electrons. The number of aryl methyl sites for hydroxylation is 2. The lowest BCUT2D eigenvalue weighted by Crippen LogP contribution is -2.27. The molecule has 0 spiro atoms. The second-order valence-corrected chi connectivity index (χ2v) is 6.93. The molecule has 2 aromatic heterocycles. The smallest absolute Gasteiger partial charge is 0.294 e. The van der Waals surface area contributed by atoms with Gasteiger partial charge >= 0.3 is 0 Å². The summed E-state index contributed by atoms with van der Waals surface area (Å²) in [5.74, 6) is 0.467. The van der Waals surface area contributed by atoms with E-state index in [0.717, 1.165) is 5.56 Å². The maximum Gasteiger partial charge on any atom is 0.294 e. The molecule has 160 valence electrons. The summed E-state index contributed by atoms with van der Waals surface area (Å²) in [4.78, 5) is 40.2. The van der Waals surface area contributed by atoms with E-state index in [2.05, 4.69) is 25.6 Å². The molecular formula is C21H17N7O4. The van der Waals surface area contributed by atoms with Crippen LogP contribution < -0.4 is 10.7 Å². The van der Waals surface area contributed by atoms with Crippen LogP contribution in [0.5, 0.6) is 0 Å². The first-order valence-corrected chi connectivity index (χ1v) is 9.49. The van der Waals surface area contributed by atoms with Crippen molar-refractivity contribution >= 4 is 17.3 Å². The van der Waals surface area contributed by atoms with Crippen molar-refractivity contribution in [2.75, 3.05) is 5.32 Å². The van der Waals surface area contributed by atoms with Crippen LogP contribution in [-0.2, 0) is 0 Å². The number of aromatic nitrogens is 5. The lowest BCUT2D eigenvalue weighted by atomic mass is 10.2. The lowest BCUT2D eigenvalue weighted by Gasteiger charge is -2.11. The standard InChI is InChI=1S/C21H17N7O4/c1-12-11-18(29)19(26-27(12)16-5-3-4-6-17(16)28(31)32)21(30)23-15-9-7-14(8-10-15)20-22-13(2)24-25-20/h3-11H,1-2H3,(H,23,30)(H,22,24,25). The van der Waals surface area contributed by atoms with Crippen LogP contribution in [0.2, 0.25) is 0 Å². The van der Waals surface area contributed by atoms with E-state index in [4.69, 9.17) is 0 Å². The number of nitro groups is 1. The number of para-hydroxylation sites is 2. The summed E-state index contributed by atoms with van der Waals surface area (Å²) in [5, 5.41) is 24.9. The zero-order chi connectivity index (χ0) is 22.8. The molecule has 11 heteroatoms. The summed E-state index contributed by atoms with van der Waals surface area (Å²) in [5.41, 5.74) is 0.507. The fourth-order valence-electron chi connectivity index (χ4n) is 3.11. The topological polar surface area (TPSA) is 149 Å². The Bertz CT molecular complexity index is 1390. The van der Waals surface area contributed by atoms with Gasteiger partial charge in [-0.2, -0.15) is 10.2 Å². The third kappa shape index (κ3) is 3.99. The Morgan fingerprint density at radius 1 is 1.12 bits per heavy atom. The van der Waals surface area contributed by atoms with Crippen molar-refractivity contribution in [1.82, 2.24) is 25.0 Å². The number of rotatable bonds is 5. The Morgan fingerprint density at radius 3 is 2.50 bits per heavy atom. The molecule has 0 aliphatic rings. The number of nitrogens with zero attached hydrogens (tertiary/aromatic N) is 5. The molecule has 32 heavy (non-hydrogen) atoms. The van der Waals surface area contributed by atoms with E-state index >= 15 is 0 Å². The van der Waals surface area contributed by atoms with Crippen molar-refractivity contribution in [3.05, 3.63) is 92.1 Å². The van der Waals surface area contributed by atoms with Gasteiger partial charge in [0.1, 0.15) is 11.5 Å². The zero-order valence-corrected chi connectivity index (χ0v) is 17.1. The number of anilines is 1. The van der Waals surface area contributed by atoms with Crippen molar-refractivity contribution in [1.29, 1.82) is 0 Å². The van der Waals surface area contributed by atoms with Gasteiger partial charge in [-0.3, -0.25) is 24.8 Å². The van der Waals surface area contributed by atoms with Gasteiger partial charge in [0, 0.05) is 29.1 Å². The van der Waals surface area contributed by atoms with Crippen LogP contribution in [-0.4, -0.2) is 35.8 Å². The first-order chi connectivity index (χ1) is 15.3. The second kappa shape index (κ2) is 8.22. The van der Waals surface area contributed by atoms with E-state index in [1.165, 1.54) is 28.9 Å². The predicted octanol–water partition coefficient (Wildman–Crippen LogP) is 2.79. The maximum absolute atomic E-state index is 12.8. The van der Waals surface area contributed by atoms with Gasteiger partial charge in [0.05, 0.1) is 4.92 Å². The van der Waals surface area contributed by atoms with E-state index in [0.29, 0.717) is 23.0 Å². The predicted molar refractivity (Wildman–Crippen MR) is 116 cm³/mol. The van der Waals surface area contributed by atoms with Gasteiger partial charge in [-0.25, -0.2) is 9.67 Å². The van der Waals surface area contributed by atoms with Crippen molar-refractivity contribution in [2.45, 2.75) is 13.8 Å². The molecular weight excluding hydrogens is 414 g/mol. The number of hydrogen-bond acceptors (Lipinski definition) is 7. The summed E-state index contributed by atoms with van der Waals surface area (Å²) < 4.78 is 1.21. The highest BCUT2D eigenvalue weighted by molar-refractivity contribution is 6.02. The lowest BCUT2D eigenvalue weighted by molar-refractivity contribution is -0.384. The minimum Gasteiger partial charge on any atom is -0.320 e. The molecule has 0 aliphatic carbocycles. The largest absolute Gasteiger partial charge is 0.320 e. The molecule has 2 N–H and O–H groups in total. The van der Waals surface area contributed by atoms with E-state index in [1.807, 2.05) is 0 Å². The molecule has 0 fully saturated rings. The number of hydrogen-bond donors (Lipinski definition) is 2. The SMILES string of the molecule is Cc1nc(-c2ccc(NC(=O)c3nn(-c4ccccc4[N+](=O)[O-])c(C)cc3=O)cc2)n[nH]1. The Morgan fingerprint density at radius 2 is 1.84 bits per heavy atom. The fourth-order valence-corrected chi connectivity index (χ4v) is 3.11. The van der Waals surface area contributed by atoms with Crippen LogP contribution in [0.4, 0.5) is 11.4 Å². The molecule has 0 saturated heterocycles. The summed E-state index contributed by atoms with van der Waals surface area (Å²) in [6, 6.07) is 13.9. The van der Waals surface area contributed by atoms with Gasteiger partial charge in [0.25, 0.3) is 11.6 Å². The molecule has 0 bridgehead atoms. The van der Waals surface area contributed by atoms with Gasteiger partial charge in [-0.05, 0) is 44.2 Å². The number of H-pyrrole nitrogens is 1. The van der Waals surface area contributed by atoms with E-state index in [1.54, 1.807) is 44.2 Å². The monoisotopic (exact) mass is 431 g/mol. The molecule has 0 unspecified atom stereocenters. The summed E-state index contributed by atoms with van der Waals surface area (Å²) >= 11 is 0. The number of aromatic amines is 1. The van der Waals surface area contributed by atoms with Gasteiger partial charge < -0.3 is 5.32 Å². The number of carbonyl (C=O) groups is 1. The van der Waals surface area contributed by atoms with Crippen LogP contribution >= 0.6 is 0 Å². The third-order valence-corrected chi connectivity index (χ3v) is 4.63. The van der Waals surface area contributed by atoms with Gasteiger partial charge in [-0.1, -0.05) is 12.1 Å². The highest BCUT2D eigenvalue weighted by Crippen LogP contribution is 2.22. The highest BCUT2D eigenvalue weighted by atomic mass is 16.6. The molecule has 1 amide bonds. The molecule has 0 saturated carbocycles. The highest BCUT2D eigenvalue weighted by Gasteiger charge is 2.20. The zero-order valence-electron chi connectivity index (χ0n) is 17.1. The van der Waals surface area contributed by atoms with Crippen LogP contribution in [0.3, 0.4) is 0 Å². The Balaban J connectivity index is 1.64. The quantitative estimate of drug-likeness (QED) is 0.364. The van der Waals surface area contributed by atoms with Crippen LogP contribution in [0.25, 0.3) is 17.1 Å². The van der Waals surface area contributed by atoms with Crippen LogP contribution in [0.15, 0.2) is 59.4 Å². The Hall–Kier alpha value is -4.67. The maximum atomic E-state index is 12.8. The average Bonchev–Trinajstić information content (AvgIpc) is 3.20. The molecule has 11 nitrogen and oxygen atoms in total. The average molecular weight is 431 g/mol. The Kier molecular flexibility index (Phi) is 5.29.